The Bertz CT molecular complexity index is 1500. The highest BCUT2D eigenvalue weighted by atomic mass is 35.5. The molecule has 0 unspecified atom stereocenters. The standard InChI is InChI=1S/C33H36ClN3O4/c1-2-29(38)27(15-20-10-7-13-30(20)39)36-32(40)31-23-12-6-11-21(23)18-37(31)33(41)28-17-24-25(34)14-22(16-26(24)35-28)19-8-4-3-5-9-19/h3-5,8-9,14,16-17,20-21,23,27,31,35H,2,6-7,10-13,15,18H2,1H3,(H,36,40)/t20-,21-,23-,27-,31-/m0/s1. The molecule has 8 heteroatoms. The molecule has 0 spiro atoms. The largest absolute Gasteiger partial charge is 0.350 e. The maximum atomic E-state index is 14.0. The Labute approximate surface area is 245 Å². The van der Waals surface area contributed by atoms with Crippen molar-refractivity contribution in [2.45, 2.75) is 70.4 Å². The molecule has 2 N–H and O–H groups in total. The lowest BCUT2D eigenvalue weighted by Crippen LogP contribution is -2.53. The Morgan fingerprint density at radius 1 is 1.05 bits per heavy atom. The van der Waals surface area contributed by atoms with Gasteiger partial charge >= 0.3 is 0 Å². The number of aromatic amines is 1. The molecule has 2 aromatic carbocycles. The van der Waals surface area contributed by atoms with Crippen LogP contribution in [-0.4, -0.2) is 51.9 Å². The number of fused-ring (bicyclic) bond motifs is 2. The number of likely N-dealkylation sites (tertiary alicyclic amines) is 1. The summed E-state index contributed by atoms with van der Waals surface area (Å²) >= 11 is 6.66. The van der Waals surface area contributed by atoms with Gasteiger partial charge in [-0.25, -0.2) is 0 Å². The van der Waals surface area contributed by atoms with E-state index in [1.54, 1.807) is 17.9 Å². The molecule has 3 fully saturated rings. The summed E-state index contributed by atoms with van der Waals surface area (Å²) in [5.74, 6) is -0.298. The lowest BCUT2D eigenvalue weighted by Gasteiger charge is -2.29. The van der Waals surface area contributed by atoms with Crippen molar-refractivity contribution in [3.8, 4) is 11.1 Å². The van der Waals surface area contributed by atoms with E-state index < -0.39 is 12.1 Å². The van der Waals surface area contributed by atoms with Crippen LogP contribution in [0.1, 0.15) is 68.8 Å². The second-order valence-corrected chi connectivity index (χ2v) is 12.3. The van der Waals surface area contributed by atoms with Crippen LogP contribution in [0, 0.1) is 17.8 Å². The third kappa shape index (κ3) is 5.32. The summed E-state index contributed by atoms with van der Waals surface area (Å²) in [6.07, 6.45) is 5.64. The number of benzene rings is 2. The summed E-state index contributed by atoms with van der Waals surface area (Å²) in [5, 5.41) is 4.30. The zero-order valence-electron chi connectivity index (χ0n) is 23.3. The van der Waals surface area contributed by atoms with Crippen LogP contribution >= 0.6 is 11.6 Å². The van der Waals surface area contributed by atoms with Gasteiger partial charge in [0, 0.05) is 36.2 Å². The number of amides is 2. The van der Waals surface area contributed by atoms with E-state index in [0.29, 0.717) is 30.1 Å². The number of hydrogen-bond donors (Lipinski definition) is 2. The zero-order chi connectivity index (χ0) is 28.7. The van der Waals surface area contributed by atoms with E-state index in [1.165, 1.54) is 0 Å². The fourth-order valence-corrected chi connectivity index (χ4v) is 7.58. The van der Waals surface area contributed by atoms with Crippen molar-refractivity contribution in [1.82, 2.24) is 15.2 Å². The van der Waals surface area contributed by atoms with E-state index in [1.807, 2.05) is 42.5 Å². The first-order chi connectivity index (χ1) is 19.8. The molecule has 1 saturated heterocycles. The summed E-state index contributed by atoms with van der Waals surface area (Å²) in [7, 11) is 0. The quantitative estimate of drug-likeness (QED) is 0.348. The maximum absolute atomic E-state index is 14.0. The summed E-state index contributed by atoms with van der Waals surface area (Å²) in [6, 6.07) is 14.2. The molecule has 3 aliphatic rings. The predicted octanol–water partition coefficient (Wildman–Crippen LogP) is 5.95. The first-order valence-corrected chi connectivity index (χ1v) is 15.3. The normalized spacial score (nSPS) is 24.5. The van der Waals surface area contributed by atoms with Crippen LogP contribution in [0.3, 0.4) is 0 Å². The third-order valence-electron chi connectivity index (χ3n) is 9.45. The summed E-state index contributed by atoms with van der Waals surface area (Å²) < 4.78 is 0. The van der Waals surface area contributed by atoms with Gasteiger partial charge in [-0.3, -0.25) is 19.2 Å². The minimum absolute atomic E-state index is 0.0575. The number of halogens is 1. The van der Waals surface area contributed by atoms with Gasteiger partial charge in [0.1, 0.15) is 17.5 Å². The highest BCUT2D eigenvalue weighted by Crippen LogP contribution is 2.43. The number of ketones is 2. The van der Waals surface area contributed by atoms with Gasteiger partial charge in [0.15, 0.2) is 5.78 Å². The molecule has 7 nitrogen and oxygen atoms in total. The van der Waals surface area contributed by atoms with Crippen molar-refractivity contribution >= 4 is 45.9 Å². The number of nitrogens with zero attached hydrogens (tertiary/aromatic N) is 1. The van der Waals surface area contributed by atoms with Crippen LogP contribution in [0.4, 0.5) is 0 Å². The number of H-pyrrole nitrogens is 1. The second kappa shape index (κ2) is 11.4. The lowest BCUT2D eigenvalue weighted by molar-refractivity contribution is -0.131. The first kappa shape index (κ1) is 27.7. The van der Waals surface area contributed by atoms with Gasteiger partial charge < -0.3 is 15.2 Å². The SMILES string of the molecule is CCC(=O)[C@H](C[C@@H]1CCCC1=O)NC(=O)[C@@H]1[C@H]2CCC[C@H]2CN1C(=O)c1cc2c(Cl)cc(-c3ccccc3)cc2[nH]1. The van der Waals surface area contributed by atoms with E-state index in [2.05, 4.69) is 10.3 Å². The van der Waals surface area contributed by atoms with Crippen LogP contribution in [0.25, 0.3) is 22.0 Å². The van der Waals surface area contributed by atoms with E-state index in [0.717, 1.165) is 54.1 Å². The summed E-state index contributed by atoms with van der Waals surface area (Å²) in [4.78, 5) is 58.0. The zero-order valence-corrected chi connectivity index (χ0v) is 24.1. The molecule has 6 rings (SSSR count). The third-order valence-corrected chi connectivity index (χ3v) is 9.76. The Kier molecular flexibility index (Phi) is 7.73. The molecule has 2 saturated carbocycles. The topological polar surface area (TPSA) is 99.3 Å². The first-order valence-electron chi connectivity index (χ1n) is 14.9. The molecule has 41 heavy (non-hydrogen) atoms. The smallest absolute Gasteiger partial charge is 0.271 e. The molecular weight excluding hydrogens is 538 g/mol. The van der Waals surface area contributed by atoms with Gasteiger partial charge in [-0.1, -0.05) is 55.3 Å². The van der Waals surface area contributed by atoms with Gasteiger partial charge in [0.05, 0.1) is 11.1 Å². The van der Waals surface area contributed by atoms with Crippen LogP contribution in [0.15, 0.2) is 48.5 Å². The van der Waals surface area contributed by atoms with Crippen LogP contribution < -0.4 is 5.32 Å². The minimum atomic E-state index is -0.708. The van der Waals surface area contributed by atoms with Crippen molar-refractivity contribution in [3.63, 3.8) is 0 Å². The molecule has 214 valence electrons. The van der Waals surface area contributed by atoms with Crippen LogP contribution in [0.2, 0.25) is 5.02 Å². The molecule has 0 bridgehead atoms. The molecule has 1 aliphatic heterocycles. The molecule has 5 atom stereocenters. The Morgan fingerprint density at radius 3 is 2.59 bits per heavy atom. The van der Waals surface area contributed by atoms with Crippen molar-refractivity contribution in [3.05, 3.63) is 59.2 Å². The van der Waals surface area contributed by atoms with Crippen molar-refractivity contribution in [1.29, 1.82) is 0 Å². The average Bonchev–Trinajstić information content (AvgIpc) is 3.76. The number of nitrogens with one attached hydrogen (secondary N) is 2. The highest BCUT2D eigenvalue weighted by Gasteiger charge is 2.50. The predicted molar refractivity (Wildman–Crippen MR) is 159 cm³/mol. The fourth-order valence-electron chi connectivity index (χ4n) is 7.31. The molecule has 2 heterocycles. The van der Waals surface area contributed by atoms with Gasteiger partial charge in [-0.15, -0.1) is 0 Å². The van der Waals surface area contributed by atoms with Crippen molar-refractivity contribution < 1.29 is 19.2 Å². The molecule has 2 aliphatic carbocycles. The number of hydrogen-bond acceptors (Lipinski definition) is 4. The number of aromatic nitrogens is 1. The number of carbonyl (C=O) groups is 4. The van der Waals surface area contributed by atoms with Crippen molar-refractivity contribution in [2.24, 2.45) is 17.8 Å². The minimum Gasteiger partial charge on any atom is -0.350 e. The number of Topliss-reactive ketones (excluding diaryl/α,β-unsaturated/α-hetero) is 2. The Hall–Kier alpha value is -3.45. The molecule has 0 radical (unpaired) electrons. The number of carbonyl (C=O) groups excluding carboxylic acids is 4. The van der Waals surface area contributed by atoms with Crippen LogP contribution in [-0.2, 0) is 14.4 Å². The van der Waals surface area contributed by atoms with Gasteiger partial charge in [0.2, 0.25) is 5.91 Å². The molecule has 2 amide bonds. The Balaban J connectivity index is 1.27. The summed E-state index contributed by atoms with van der Waals surface area (Å²) in [5.41, 5.74) is 3.13. The lowest BCUT2D eigenvalue weighted by atomic mass is 9.91. The second-order valence-electron chi connectivity index (χ2n) is 11.9. The van der Waals surface area contributed by atoms with E-state index in [4.69, 9.17) is 11.6 Å². The van der Waals surface area contributed by atoms with Crippen molar-refractivity contribution in [2.75, 3.05) is 6.54 Å². The van der Waals surface area contributed by atoms with Crippen LogP contribution in [0.5, 0.6) is 0 Å². The highest BCUT2D eigenvalue weighted by molar-refractivity contribution is 6.36. The van der Waals surface area contributed by atoms with Gasteiger partial charge in [-0.2, -0.15) is 0 Å². The monoisotopic (exact) mass is 573 g/mol. The maximum Gasteiger partial charge on any atom is 0.271 e. The van der Waals surface area contributed by atoms with Gasteiger partial charge in [0.25, 0.3) is 5.91 Å². The van der Waals surface area contributed by atoms with E-state index in [9.17, 15) is 19.2 Å². The molecule has 1 aromatic heterocycles. The van der Waals surface area contributed by atoms with E-state index in [-0.39, 0.29) is 47.6 Å². The Morgan fingerprint density at radius 2 is 1.85 bits per heavy atom. The average molecular weight is 574 g/mol. The van der Waals surface area contributed by atoms with Gasteiger partial charge in [-0.05, 0) is 73.3 Å². The summed E-state index contributed by atoms with van der Waals surface area (Å²) in [6.45, 7) is 2.29. The van der Waals surface area contributed by atoms with E-state index >= 15 is 0 Å². The fraction of sp³-hybridized carbons (Fsp3) is 0.455. The molecule has 3 aromatic rings. The molecular formula is C33H36ClN3O4. The number of rotatable bonds is 8.